The van der Waals surface area contributed by atoms with Crippen LogP contribution in [-0.4, -0.2) is 36.1 Å². The van der Waals surface area contributed by atoms with Crippen LogP contribution in [0.1, 0.15) is 70.6 Å². The highest BCUT2D eigenvalue weighted by Gasteiger charge is 2.52. The van der Waals surface area contributed by atoms with Crippen molar-refractivity contribution in [1.29, 1.82) is 0 Å². The lowest BCUT2D eigenvalue weighted by Gasteiger charge is -2.57. The lowest BCUT2D eigenvalue weighted by molar-refractivity contribution is -0.0596. The molecular weight excluding hydrogens is 316 g/mol. The van der Waals surface area contributed by atoms with E-state index in [4.69, 9.17) is 0 Å². The Bertz CT molecular complexity index is 515. The highest BCUT2D eigenvalue weighted by Crippen LogP contribution is 2.56. The molecule has 9 rings (SSSR count). The molecule has 144 valence electrons. The molecule has 1 heterocycles. The molecule has 2 heteroatoms. The van der Waals surface area contributed by atoms with E-state index in [1.165, 1.54) is 19.5 Å². The molecular formula is C24H38N2. The molecule has 0 aromatic carbocycles. The number of nitrogens with one attached hydrogen (secondary N) is 1. The largest absolute Gasteiger partial charge is 0.309 e. The Kier molecular flexibility index (Phi) is 3.48. The molecule has 8 bridgehead atoms. The van der Waals surface area contributed by atoms with Gasteiger partial charge in [0, 0.05) is 31.2 Å². The van der Waals surface area contributed by atoms with Crippen molar-refractivity contribution in [2.45, 2.75) is 88.8 Å². The minimum Gasteiger partial charge on any atom is -0.309 e. The minimum absolute atomic E-state index is 0.815. The van der Waals surface area contributed by atoms with Gasteiger partial charge in [-0.25, -0.2) is 0 Å². The van der Waals surface area contributed by atoms with Gasteiger partial charge < -0.3 is 5.32 Å². The van der Waals surface area contributed by atoms with E-state index >= 15 is 0 Å². The summed E-state index contributed by atoms with van der Waals surface area (Å²) in [4.78, 5) is 2.99. The van der Waals surface area contributed by atoms with E-state index in [1.54, 1.807) is 64.2 Å². The van der Waals surface area contributed by atoms with Gasteiger partial charge in [0.2, 0.25) is 0 Å². The second kappa shape index (κ2) is 5.72. The monoisotopic (exact) mass is 354 g/mol. The van der Waals surface area contributed by atoms with Crippen LogP contribution < -0.4 is 5.32 Å². The fourth-order valence-corrected chi connectivity index (χ4v) is 10.2. The lowest BCUT2D eigenvalue weighted by atomic mass is 9.54. The predicted octanol–water partition coefficient (Wildman–Crippen LogP) is 4.30. The second-order valence-corrected chi connectivity index (χ2v) is 12.0. The van der Waals surface area contributed by atoms with Crippen molar-refractivity contribution in [2.75, 3.05) is 13.1 Å². The summed E-state index contributed by atoms with van der Waals surface area (Å²) in [6.07, 6.45) is 17.2. The maximum Gasteiger partial charge on any atom is 0.0210 e. The van der Waals surface area contributed by atoms with Crippen LogP contribution in [0.15, 0.2) is 0 Å². The standard InChI is InChI=1S/C24H38N2/c1-2-26(24-20-9-16-4-17(11-20)12-21(24)10-16)13-22(1)25-23-18-5-14-3-15(7-18)8-19(23)6-14/h14-25H,1-13H2. The molecule has 26 heavy (non-hydrogen) atoms. The van der Waals surface area contributed by atoms with E-state index in [1.807, 2.05) is 0 Å². The topological polar surface area (TPSA) is 15.3 Å². The van der Waals surface area contributed by atoms with Gasteiger partial charge >= 0.3 is 0 Å². The van der Waals surface area contributed by atoms with Gasteiger partial charge in [-0.1, -0.05) is 0 Å². The van der Waals surface area contributed by atoms with E-state index < -0.39 is 0 Å². The summed E-state index contributed by atoms with van der Waals surface area (Å²) in [6, 6.07) is 2.69. The SMILES string of the molecule is C1C2CC3CC1CC(C2)C3NC1CCN(C2C3CC4CC(C3)CC2C4)C1. The third kappa shape index (κ3) is 2.36. The molecule has 0 aromatic rings. The lowest BCUT2D eigenvalue weighted by Crippen LogP contribution is -2.58. The van der Waals surface area contributed by atoms with E-state index in [0.29, 0.717) is 0 Å². The molecule has 8 aliphatic carbocycles. The maximum absolute atomic E-state index is 4.27. The maximum atomic E-state index is 4.27. The van der Waals surface area contributed by atoms with Gasteiger partial charge in [0.05, 0.1) is 0 Å². The molecule has 1 aliphatic heterocycles. The van der Waals surface area contributed by atoms with Crippen LogP contribution in [0.4, 0.5) is 0 Å². The zero-order valence-electron chi connectivity index (χ0n) is 16.5. The molecule has 1 saturated heterocycles. The third-order valence-electron chi connectivity index (χ3n) is 10.5. The van der Waals surface area contributed by atoms with Crippen molar-refractivity contribution >= 4 is 0 Å². The highest BCUT2D eigenvalue weighted by molar-refractivity contribution is 5.06. The fraction of sp³-hybridized carbons (Fsp3) is 1.00. The van der Waals surface area contributed by atoms with Crippen molar-refractivity contribution in [1.82, 2.24) is 10.2 Å². The third-order valence-corrected chi connectivity index (χ3v) is 10.5. The number of likely N-dealkylation sites (tertiary alicyclic amines) is 1. The Morgan fingerprint density at radius 1 is 0.577 bits per heavy atom. The summed E-state index contributed by atoms with van der Waals surface area (Å²) in [5, 5.41) is 4.27. The van der Waals surface area contributed by atoms with Gasteiger partial charge in [-0.2, -0.15) is 0 Å². The number of hydrogen-bond donors (Lipinski definition) is 1. The zero-order valence-corrected chi connectivity index (χ0v) is 16.5. The summed E-state index contributed by atoms with van der Waals surface area (Å²) >= 11 is 0. The summed E-state index contributed by atoms with van der Waals surface area (Å²) in [5.74, 6) is 8.71. The molecule has 1 N–H and O–H groups in total. The zero-order chi connectivity index (χ0) is 16.8. The molecule has 0 radical (unpaired) electrons. The van der Waals surface area contributed by atoms with Crippen molar-refractivity contribution in [3.63, 3.8) is 0 Å². The molecule has 0 aromatic heterocycles. The van der Waals surface area contributed by atoms with E-state index in [-0.39, 0.29) is 0 Å². The van der Waals surface area contributed by atoms with Gasteiger partial charge in [0.15, 0.2) is 0 Å². The Balaban J connectivity index is 1.03. The van der Waals surface area contributed by atoms with Crippen molar-refractivity contribution in [2.24, 2.45) is 47.3 Å². The fourth-order valence-electron chi connectivity index (χ4n) is 10.2. The molecule has 0 amide bonds. The van der Waals surface area contributed by atoms with Crippen LogP contribution in [0.5, 0.6) is 0 Å². The van der Waals surface area contributed by atoms with Gasteiger partial charge in [0.1, 0.15) is 0 Å². The number of rotatable bonds is 3. The Morgan fingerprint density at radius 2 is 1.08 bits per heavy atom. The normalized spacial score (nSPS) is 60.2. The van der Waals surface area contributed by atoms with Crippen molar-refractivity contribution in [3.05, 3.63) is 0 Å². The number of hydrogen-bond acceptors (Lipinski definition) is 2. The van der Waals surface area contributed by atoms with Gasteiger partial charge in [0.25, 0.3) is 0 Å². The quantitative estimate of drug-likeness (QED) is 0.813. The molecule has 0 spiro atoms. The summed E-state index contributed by atoms with van der Waals surface area (Å²) in [7, 11) is 0. The van der Waals surface area contributed by atoms with Crippen LogP contribution >= 0.6 is 0 Å². The van der Waals surface area contributed by atoms with Crippen LogP contribution in [0.2, 0.25) is 0 Å². The van der Waals surface area contributed by atoms with E-state index in [9.17, 15) is 0 Å². The van der Waals surface area contributed by atoms with E-state index in [2.05, 4.69) is 10.2 Å². The molecule has 1 unspecified atom stereocenters. The first-order valence-electron chi connectivity index (χ1n) is 12.3. The Morgan fingerprint density at radius 3 is 1.62 bits per heavy atom. The summed E-state index contributed by atoms with van der Waals surface area (Å²) in [5.41, 5.74) is 0. The van der Waals surface area contributed by atoms with Crippen molar-refractivity contribution < 1.29 is 0 Å². The average Bonchev–Trinajstić information content (AvgIpc) is 3.05. The molecule has 9 fully saturated rings. The first-order chi connectivity index (χ1) is 12.8. The minimum atomic E-state index is 0.815. The Hall–Kier alpha value is -0.0800. The first-order valence-corrected chi connectivity index (χ1v) is 12.3. The summed E-state index contributed by atoms with van der Waals surface area (Å²) < 4.78 is 0. The van der Waals surface area contributed by atoms with Crippen molar-refractivity contribution in [3.8, 4) is 0 Å². The highest BCUT2D eigenvalue weighted by atomic mass is 15.2. The predicted molar refractivity (Wildman–Crippen MR) is 105 cm³/mol. The molecule has 9 aliphatic rings. The number of nitrogens with zero attached hydrogens (tertiary/aromatic N) is 1. The Labute approximate surface area is 159 Å². The summed E-state index contributed by atoms with van der Waals surface area (Å²) in [6.45, 7) is 2.79. The van der Waals surface area contributed by atoms with E-state index in [0.717, 1.165) is 65.5 Å². The van der Waals surface area contributed by atoms with Crippen LogP contribution in [0, 0.1) is 47.3 Å². The molecule has 8 saturated carbocycles. The average molecular weight is 355 g/mol. The first kappa shape index (κ1) is 15.8. The van der Waals surface area contributed by atoms with Crippen LogP contribution in [0.3, 0.4) is 0 Å². The smallest absolute Gasteiger partial charge is 0.0210 e. The van der Waals surface area contributed by atoms with Gasteiger partial charge in [-0.15, -0.1) is 0 Å². The second-order valence-electron chi connectivity index (χ2n) is 12.0. The van der Waals surface area contributed by atoms with Gasteiger partial charge in [-0.3, -0.25) is 4.90 Å². The van der Waals surface area contributed by atoms with Crippen LogP contribution in [0.25, 0.3) is 0 Å². The molecule has 2 nitrogen and oxygen atoms in total. The van der Waals surface area contributed by atoms with Crippen LogP contribution in [-0.2, 0) is 0 Å². The van der Waals surface area contributed by atoms with Gasteiger partial charge in [-0.05, 0) is 118 Å². The molecule has 1 atom stereocenters.